The fourth-order valence-electron chi connectivity index (χ4n) is 2.10. The van der Waals surface area contributed by atoms with Gasteiger partial charge >= 0.3 is 0 Å². The second kappa shape index (κ2) is 5.75. The van der Waals surface area contributed by atoms with Crippen molar-refractivity contribution in [1.29, 1.82) is 5.26 Å². The molecule has 2 N–H and O–H groups in total. The Morgan fingerprint density at radius 3 is 2.67 bits per heavy atom. The van der Waals surface area contributed by atoms with Gasteiger partial charge in [-0.15, -0.1) is 12.1 Å². The first-order chi connectivity index (χ1) is 9.63. The third kappa shape index (κ3) is 2.36. The summed E-state index contributed by atoms with van der Waals surface area (Å²) in [4.78, 5) is 14.2. The summed E-state index contributed by atoms with van der Waals surface area (Å²) in [6.45, 7) is 0. The molecule has 0 amide bonds. The standard InChI is InChI=1S/C14H7ClN3O2.Re/c15-11-6-10-12(13(19)9(7-16)14(20)17-10)18(11)8-4-2-1-3-5-8;/h2-6H,(H2,17,19,20);/q-1;. The first-order valence-corrected chi connectivity index (χ1v) is 6.04. The Labute approximate surface area is 138 Å². The normalized spacial score (nSPS) is 10.1. The molecule has 0 aliphatic rings. The Morgan fingerprint density at radius 1 is 1.38 bits per heavy atom. The summed E-state index contributed by atoms with van der Waals surface area (Å²) in [5.74, 6) is -0.383. The van der Waals surface area contributed by atoms with Gasteiger partial charge in [-0.3, -0.25) is 4.79 Å². The fraction of sp³-hybridized carbons (Fsp3) is 0. The van der Waals surface area contributed by atoms with Gasteiger partial charge in [-0.05, 0) is 6.07 Å². The molecule has 5 nitrogen and oxygen atoms in total. The first-order valence-electron chi connectivity index (χ1n) is 5.66. The molecule has 0 spiro atoms. The fourth-order valence-corrected chi connectivity index (χ4v) is 2.39. The van der Waals surface area contributed by atoms with Crippen LogP contribution in [0.15, 0.2) is 35.1 Å². The second-order valence-corrected chi connectivity index (χ2v) is 4.50. The van der Waals surface area contributed by atoms with Crippen molar-refractivity contribution in [3.05, 3.63) is 57.5 Å². The molecule has 21 heavy (non-hydrogen) atoms. The Bertz CT molecular complexity index is 910. The van der Waals surface area contributed by atoms with Crippen molar-refractivity contribution in [3.8, 4) is 17.5 Å². The number of H-pyrrole nitrogens is 1. The number of aromatic amines is 1. The SMILES string of the molecule is N#Cc1c(O)c2c(cc(Cl)n2-c2cc[c-]cc2)[nH]c1=O.[Re]. The van der Waals surface area contributed by atoms with E-state index >= 15 is 0 Å². The monoisotopic (exact) mass is 471 g/mol. The van der Waals surface area contributed by atoms with Crippen LogP contribution in [0.2, 0.25) is 5.15 Å². The van der Waals surface area contributed by atoms with Crippen molar-refractivity contribution >= 4 is 22.6 Å². The zero-order valence-electron chi connectivity index (χ0n) is 10.4. The minimum Gasteiger partial charge on any atom is -0.504 e. The maximum Gasteiger partial charge on any atom is 0.270 e. The number of benzene rings is 1. The predicted octanol–water partition coefficient (Wildman–Crippen LogP) is 2.35. The number of nitrogens with one attached hydrogen (secondary N) is 1. The van der Waals surface area contributed by atoms with Crippen LogP contribution in [0, 0.1) is 17.4 Å². The van der Waals surface area contributed by atoms with E-state index in [1.54, 1.807) is 34.9 Å². The van der Waals surface area contributed by atoms with E-state index in [1.165, 1.54) is 6.07 Å². The largest absolute Gasteiger partial charge is 0.504 e. The Balaban J connectivity index is 0.00000161. The van der Waals surface area contributed by atoms with Gasteiger partial charge in [0.1, 0.15) is 16.7 Å². The van der Waals surface area contributed by atoms with E-state index in [1.807, 2.05) is 0 Å². The molecule has 2 heterocycles. The smallest absolute Gasteiger partial charge is 0.270 e. The van der Waals surface area contributed by atoms with Crippen LogP contribution in [-0.2, 0) is 20.4 Å². The number of hydrogen-bond donors (Lipinski definition) is 2. The van der Waals surface area contributed by atoms with E-state index in [2.05, 4.69) is 11.1 Å². The number of aromatic hydroxyl groups is 1. The average Bonchev–Trinajstić information content (AvgIpc) is 2.76. The minimum atomic E-state index is -0.646. The van der Waals surface area contributed by atoms with Crippen LogP contribution >= 0.6 is 11.6 Å². The van der Waals surface area contributed by atoms with Crippen LogP contribution in [0.3, 0.4) is 0 Å². The van der Waals surface area contributed by atoms with Gasteiger partial charge in [0.15, 0.2) is 11.3 Å². The molecular formula is C14H7ClN3O2Re-. The summed E-state index contributed by atoms with van der Waals surface area (Å²) in [5.41, 5.74) is 0.361. The third-order valence-corrected chi connectivity index (χ3v) is 3.24. The first kappa shape index (κ1) is 15.3. The van der Waals surface area contributed by atoms with Crippen LogP contribution in [0.4, 0.5) is 0 Å². The van der Waals surface area contributed by atoms with E-state index in [-0.39, 0.29) is 37.3 Å². The molecule has 0 atom stereocenters. The molecule has 0 unspecified atom stereocenters. The number of halogens is 1. The molecule has 3 aromatic rings. The number of aromatic nitrogens is 2. The Hall–Kier alpha value is -2.05. The second-order valence-electron chi connectivity index (χ2n) is 4.11. The van der Waals surface area contributed by atoms with E-state index in [9.17, 15) is 9.90 Å². The van der Waals surface area contributed by atoms with Gasteiger partial charge in [0.05, 0.1) is 5.52 Å². The van der Waals surface area contributed by atoms with E-state index in [4.69, 9.17) is 16.9 Å². The van der Waals surface area contributed by atoms with Crippen LogP contribution in [0.5, 0.6) is 5.75 Å². The molecule has 7 heteroatoms. The molecule has 0 fully saturated rings. The van der Waals surface area contributed by atoms with Gasteiger partial charge in [0.25, 0.3) is 5.56 Å². The minimum absolute atomic E-state index is 0. The third-order valence-electron chi connectivity index (χ3n) is 2.96. The number of rotatable bonds is 1. The molecule has 0 aliphatic heterocycles. The molecule has 3 rings (SSSR count). The van der Waals surface area contributed by atoms with Crippen molar-refractivity contribution < 1.29 is 25.5 Å². The van der Waals surface area contributed by atoms with E-state index in [0.717, 1.165) is 0 Å². The molecule has 0 saturated carbocycles. The van der Waals surface area contributed by atoms with Gasteiger partial charge < -0.3 is 14.7 Å². The average molecular weight is 471 g/mol. The summed E-state index contributed by atoms with van der Waals surface area (Å²) in [5, 5.41) is 19.4. The number of fused-ring (bicyclic) bond motifs is 1. The molecule has 0 bridgehead atoms. The summed E-state index contributed by atoms with van der Waals surface area (Å²) in [7, 11) is 0. The van der Waals surface area contributed by atoms with Crippen LogP contribution in [0.1, 0.15) is 5.56 Å². The van der Waals surface area contributed by atoms with E-state index < -0.39 is 5.56 Å². The molecule has 1 aromatic carbocycles. The zero-order chi connectivity index (χ0) is 14.3. The molecular weight excluding hydrogens is 464 g/mol. The van der Waals surface area contributed by atoms with Crippen molar-refractivity contribution in [2.24, 2.45) is 0 Å². The molecule has 105 valence electrons. The number of pyridine rings is 1. The molecule has 0 saturated heterocycles. The zero-order valence-corrected chi connectivity index (χ0v) is 13.9. The van der Waals surface area contributed by atoms with Crippen LogP contribution in [0.25, 0.3) is 16.7 Å². The van der Waals surface area contributed by atoms with Crippen molar-refractivity contribution in [1.82, 2.24) is 9.55 Å². The Kier molecular flexibility index (Phi) is 4.20. The van der Waals surface area contributed by atoms with Crippen molar-refractivity contribution in [3.63, 3.8) is 0 Å². The number of nitriles is 1. The topological polar surface area (TPSA) is 81.8 Å². The summed E-state index contributed by atoms with van der Waals surface area (Å²) < 4.78 is 1.55. The van der Waals surface area contributed by atoms with Crippen molar-refractivity contribution in [2.45, 2.75) is 0 Å². The van der Waals surface area contributed by atoms with Crippen LogP contribution in [-0.4, -0.2) is 14.7 Å². The molecule has 1 radical (unpaired) electrons. The van der Waals surface area contributed by atoms with E-state index in [0.29, 0.717) is 16.4 Å². The van der Waals surface area contributed by atoms with Crippen molar-refractivity contribution in [2.75, 3.05) is 0 Å². The predicted molar refractivity (Wildman–Crippen MR) is 74.1 cm³/mol. The van der Waals surface area contributed by atoms with Gasteiger partial charge in [-0.25, -0.2) is 0 Å². The van der Waals surface area contributed by atoms with Gasteiger partial charge in [0.2, 0.25) is 0 Å². The van der Waals surface area contributed by atoms with Crippen LogP contribution < -0.4 is 5.56 Å². The number of hydrogen-bond acceptors (Lipinski definition) is 3. The maximum absolute atomic E-state index is 11.6. The maximum atomic E-state index is 11.6. The molecule has 2 aromatic heterocycles. The summed E-state index contributed by atoms with van der Waals surface area (Å²) in [6.07, 6.45) is 0. The van der Waals surface area contributed by atoms with Gasteiger partial charge in [-0.1, -0.05) is 17.3 Å². The summed E-state index contributed by atoms with van der Waals surface area (Å²) in [6, 6.07) is 13.0. The summed E-state index contributed by atoms with van der Waals surface area (Å²) >= 11 is 6.16. The van der Waals surface area contributed by atoms with Gasteiger partial charge in [-0.2, -0.15) is 23.5 Å². The molecule has 0 aliphatic carbocycles. The quantitative estimate of drug-likeness (QED) is 0.536. The Morgan fingerprint density at radius 2 is 2.05 bits per heavy atom. The van der Waals surface area contributed by atoms with Gasteiger partial charge in [0, 0.05) is 20.4 Å². The number of nitrogens with zero attached hydrogens (tertiary/aromatic N) is 2.